The molecule has 1 aromatic carbocycles. The average molecular weight is 296 g/mol. The highest BCUT2D eigenvalue weighted by molar-refractivity contribution is 7.26. The summed E-state index contributed by atoms with van der Waals surface area (Å²) in [5.41, 5.74) is 4.72. The first-order chi connectivity index (χ1) is 9.81. The number of hydrogen-bond acceptors (Lipinski definition) is 3. The lowest BCUT2D eigenvalue weighted by Gasteiger charge is -1.98. The molecule has 0 saturated heterocycles. The summed E-state index contributed by atoms with van der Waals surface area (Å²) in [4.78, 5) is 8.00. The second-order valence-corrected chi connectivity index (χ2v) is 6.61. The number of benzene rings is 1. The number of imidazole rings is 1. The molecule has 4 heteroatoms. The Morgan fingerprint density at radius 2 is 2.10 bits per heavy atom. The summed E-state index contributed by atoms with van der Waals surface area (Å²) >= 11 is 3.55. The van der Waals surface area contributed by atoms with Crippen LogP contribution in [0.15, 0.2) is 47.3 Å². The van der Waals surface area contributed by atoms with Crippen molar-refractivity contribution >= 4 is 32.1 Å². The van der Waals surface area contributed by atoms with E-state index in [1.807, 2.05) is 6.20 Å². The van der Waals surface area contributed by atoms with Crippen LogP contribution in [0.4, 0.5) is 0 Å². The lowest BCUT2D eigenvalue weighted by molar-refractivity contribution is 1.32. The predicted octanol–water partition coefficient (Wildman–Crippen LogP) is 5.33. The number of aromatic amines is 1. The fraction of sp³-hybridized carbons (Fsp3) is 0.0625. The molecular weight excluding hydrogens is 284 g/mol. The molecular formula is C16H12N2S2. The number of aromatic nitrogens is 2. The van der Waals surface area contributed by atoms with Gasteiger partial charge in [0.15, 0.2) is 0 Å². The molecule has 2 nitrogen and oxygen atoms in total. The maximum atomic E-state index is 4.55. The molecule has 0 bridgehead atoms. The monoisotopic (exact) mass is 296 g/mol. The molecule has 4 aromatic rings. The van der Waals surface area contributed by atoms with Gasteiger partial charge >= 0.3 is 0 Å². The highest BCUT2D eigenvalue weighted by Gasteiger charge is 2.11. The Morgan fingerprint density at radius 3 is 3.00 bits per heavy atom. The third kappa shape index (κ3) is 1.88. The zero-order chi connectivity index (χ0) is 13.5. The van der Waals surface area contributed by atoms with Crippen molar-refractivity contribution in [3.05, 3.63) is 52.9 Å². The Balaban J connectivity index is 1.81. The van der Waals surface area contributed by atoms with Crippen molar-refractivity contribution in [1.29, 1.82) is 0 Å². The molecule has 0 aliphatic rings. The molecule has 98 valence electrons. The molecule has 0 atom stereocenters. The van der Waals surface area contributed by atoms with Crippen LogP contribution in [0, 0.1) is 6.92 Å². The van der Waals surface area contributed by atoms with Crippen molar-refractivity contribution < 1.29 is 0 Å². The van der Waals surface area contributed by atoms with E-state index < -0.39 is 0 Å². The first-order valence-corrected chi connectivity index (χ1v) is 8.14. The highest BCUT2D eigenvalue weighted by atomic mass is 32.1. The van der Waals surface area contributed by atoms with Gasteiger partial charge in [0.1, 0.15) is 5.82 Å². The van der Waals surface area contributed by atoms with E-state index in [1.165, 1.54) is 26.1 Å². The van der Waals surface area contributed by atoms with Gasteiger partial charge in [0.2, 0.25) is 0 Å². The maximum Gasteiger partial charge on any atom is 0.140 e. The second kappa shape index (κ2) is 4.58. The number of fused-ring (bicyclic) bond motifs is 1. The van der Waals surface area contributed by atoms with E-state index >= 15 is 0 Å². The standard InChI is InChI=1S/C16H12N2S2/c1-10-3-2-4-11(7-10)13-8-17-16(18-13)12-9-20-14-5-6-19-15(12)14/h2-9H,1H3,(H,17,18). The summed E-state index contributed by atoms with van der Waals surface area (Å²) in [5, 5.41) is 4.31. The van der Waals surface area contributed by atoms with Crippen LogP contribution in [0.5, 0.6) is 0 Å². The van der Waals surface area contributed by atoms with Crippen LogP contribution in [0.1, 0.15) is 5.56 Å². The van der Waals surface area contributed by atoms with Gasteiger partial charge in [-0.05, 0) is 30.0 Å². The molecule has 3 heterocycles. The quantitative estimate of drug-likeness (QED) is 0.532. The van der Waals surface area contributed by atoms with Gasteiger partial charge in [0.25, 0.3) is 0 Å². The van der Waals surface area contributed by atoms with E-state index in [9.17, 15) is 0 Å². The molecule has 0 spiro atoms. The van der Waals surface area contributed by atoms with Gasteiger partial charge in [0.05, 0.1) is 16.6 Å². The van der Waals surface area contributed by atoms with Crippen LogP contribution in [0.3, 0.4) is 0 Å². The summed E-state index contributed by atoms with van der Waals surface area (Å²) in [7, 11) is 0. The summed E-state index contributed by atoms with van der Waals surface area (Å²) in [6, 6.07) is 10.6. The minimum Gasteiger partial charge on any atom is -0.338 e. The van der Waals surface area contributed by atoms with Gasteiger partial charge in [-0.2, -0.15) is 0 Å². The van der Waals surface area contributed by atoms with Crippen LogP contribution in [-0.4, -0.2) is 9.97 Å². The van der Waals surface area contributed by atoms with Crippen molar-refractivity contribution in [2.24, 2.45) is 0 Å². The molecule has 20 heavy (non-hydrogen) atoms. The molecule has 3 aromatic heterocycles. The zero-order valence-corrected chi connectivity index (χ0v) is 12.5. The van der Waals surface area contributed by atoms with E-state index in [0.29, 0.717) is 0 Å². The third-order valence-electron chi connectivity index (χ3n) is 3.34. The smallest absolute Gasteiger partial charge is 0.140 e. The van der Waals surface area contributed by atoms with Crippen LogP contribution in [0.2, 0.25) is 0 Å². The van der Waals surface area contributed by atoms with Crippen LogP contribution in [0.25, 0.3) is 32.0 Å². The lowest BCUT2D eigenvalue weighted by atomic mass is 10.1. The maximum absolute atomic E-state index is 4.55. The SMILES string of the molecule is Cc1cccc(-c2cnc(-c3csc4ccsc34)[nH]2)c1. The Kier molecular flexibility index (Phi) is 2.72. The van der Waals surface area contributed by atoms with Gasteiger partial charge in [-0.15, -0.1) is 22.7 Å². The molecule has 1 N–H and O–H groups in total. The first-order valence-electron chi connectivity index (χ1n) is 6.38. The van der Waals surface area contributed by atoms with Gasteiger partial charge < -0.3 is 4.98 Å². The van der Waals surface area contributed by atoms with Gasteiger partial charge in [-0.1, -0.05) is 23.8 Å². The Labute approximate surface area is 124 Å². The Morgan fingerprint density at radius 1 is 1.15 bits per heavy atom. The van der Waals surface area contributed by atoms with Crippen molar-refractivity contribution in [2.45, 2.75) is 6.92 Å². The van der Waals surface area contributed by atoms with Crippen LogP contribution in [-0.2, 0) is 0 Å². The van der Waals surface area contributed by atoms with E-state index in [-0.39, 0.29) is 0 Å². The van der Waals surface area contributed by atoms with Crippen LogP contribution < -0.4 is 0 Å². The van der Waals surface area contributed by atoms with E-state index in [1.54, 1.807) is 22.7 Å². The molecule has 0 unspecified atom stereocenters. The lowest BCUT2D eigenvalue weighted by Crippen LogP contribution is -1.80. The molecule has 0 aliphatic carbocycles. The third-order valence-corrected chi connectivity index (χ3v) is 5.36. The minimum atomic E-state index is 0.954. The van der Waals surface area contributed by atoms with Crippen molar-refractivity contribution in [3.63, 3.8) is 0 Å². The molecule has 4 rings (SSSR count). The fourth-order valence-electron chi connectivity index (χ4n) is 2.34. The predicted molar refractivity (Wildman–Crippen MR) is 87.5 cm³/mol. The van der Waals surface area contributed by atoms with E-state index in [4.69, 9.17) is 0 Å². The van der Waals surface area contributed by atoms with Crippen molar-refractivity contribution in [2.75, 3.05) is 0 Å². The average Bonchev–Trinajstić information content (AvgIpc) is 3.14. The van der Waals surface area contributed by atoms with Gasteiger partial charge in [0, 0.05) is 15.6 Å². The summed E-state index contributed by atoms with van der Waals surface area (Å²) in [5.74, 6) is 0.954. The number of hydrogen-bond donors (Lipinski definition) is 1. The normalized spacial score (nSPS) is 11.2. The zero-order valence-electron chi connectivity index (χ0n) is 10.9. The van der Waals surface area contributed by atoms with E-state index in [0.717, 1.165) is 11.5 Å². The fourth-order valence-corrected chi connectivity index (χ4v) is 4.44. The Hall–Kier alpha value is -1.91. The Bertz CT molecular complexity index is 883. The molecule has 0 radical (unpaired) electrons. The van der Waals surface area contributed by atoms with Crippen molar-refractivity contribution in [1.82, 2.24) is 9.97 Å². The number of thiophene rings is 2. The second-order valence-electron chi connectivity index (χ2n) is 4.78. The summed E-state index contributed by atoms with van der Waals surface area (Å²) < 4.78 is 2.65. The molecule has 0 saturated carbocycles. The van der Waals surface area contributed by atoms with Gasteiger partial charge in [-0.3, -0.25) is 0 Å². The van der Waals surface area contributed by atoms with E-state index in [2.05, 4.69) is 58.0 Å². The minimum absolute atomic E-state index is 0.954. The summed E-state index contributed by atoms with van der Waals surface area (Å²) in [6.45, 7) is 2.11. The first kappa shape index (κ1) is 11.9. The largest absolute Gasteiger partial charge is 0.338 e. The van der Waals surface area contributed by atoms with Crippen molar-refractivity contribution in [3.8, 4) is 22.6 Å². The number of rotatable bonds is 2. The van der Waals surface area contributed by atoms with Gasteiger partial charge in [-0.25, -0.2) is 4.98 Å². The number of H-pyrrole nitrogens is 1. The number of nitrogens with zero attached hydrogens (tertiary/aromatic N) is 1. The van der Waals surface area contributed by atoms with Crippen LogP contribution >= 0.6 is 22.7 Å². The topological polar surface area (TPSA) is 28.7 Å². The highest BCUT2D eigenvalue weighted by Crippen LogP contribution is 2.36. The number of aryl methyl sites for hydroxylation is 1. The molecule has 0 aliphatic heterocycles. The summed E-state index contributed by atoms with van der Waals surface area (Å²) in [6.07, 6.45) is 1.92. The number of nitrogens with one attached hydrogen (secondary N) is 1. The molecule has 0 fully saturated rings. The molecule has 0 amide bonds.